The largest absolute Gasteiger partial charge is 0.367 e. The van der Waals surface area contributed by atoms with Gasteiger partial charge in [-0.1, -0.05) is 30.3 Å². The van der Waals surface area contributed by atoms with Gasteiger partial charge < -0.3 is 9.80 Å². The average molecular weight is 382 g/mol. The maximum absolute atomic E-state index is 12.9. The fourth-order valence-corrected chi connectivity index (χ4v) is 4.79. The lowest BCUT2D eigenvalue weighted by atomic mass is 10.1. The molecule has 2 aromatic carbocycles. The number of hydrogen-bond donors (Lipinski definition) is 0. The van der Waals surface area contributed by atoms with Gasteiger partial charge in [0.1, 0.15) is 0 Å². The predicted molar refractivity (Wildman–Crippen MR) is 108 cm³/mol. The third-order valence-electron chi connectivity index (χ3n) is 5.33. The van der Waals surface area contributed by atoms with Crippen molar-refractivity contribution >= 4 is 26.4 Å². The second kappa shape index (κ2) is 6.94. The molecular formula is C21H23N3O2S. The zero-order valence-electron chi connectivity index (χ0n) is 15.5. The van der Waals surface area contributed by atoms with Crippen molar-refractivity contribution in [1.82, 2.24) is 9.88 Å². The van der Waals surface area contributed by atoms with Gasteiger partial charge in [-0.25, -0.2) is 8.42 Å². The summed E-state index contributed by atoms with van der Waals surface area (Å²) in [6, 6.07) is 16.7. The Balaban J connectivity index is 1.75. The monoisotopic (exact) mass is 381 g/mol. The number of anilines is 1. The molecule has 1 atom stereocenters. The van der Waals surface area contributed by atoms with Gasteiger partial charge in [0.2, 0.25) is 9.84 Å². The standard InChI is InChI=1S/C21H23N3O2S/c1-16-15-24(12-11-23(16)2)20-10-6-7-17-13-19(14-22-21(17)20)27(25,26)18-8-4-3-5-9-18/h3-10,13-14,16H,11-12,15H2,1-2H3. The number of para-hydroxylation sites is 1. The van der Waals surface area contributed by atoms with Gasteiger partial charge in [0.05, 0.1) is 21.0 Å². The highest BCUT2D eigenvalue weighted by Crippen LogP contribution is 2.29. The molecule has 0 N–H and O–H groups in total. The molecule has 1 saturated heterocycles. The summed E-state index contributed by atoms with van der Waals surface area (Å²) in [5, 5.41) is 0.844. The van der Waals surface area contributed by atoms with Crippen LogP contribution in [-0.4, -0.2) is 51.0 Å². The van der Waals surface area contributed by atoms with Gasteiger partial charge in [0.15, 0.2) is 0 Å². The molecule has 0 amide bonds. The Morgan fingerprint density at radius 1 is 1.00 bits per heavy atom. The van der Waals surface area contributed by atoms with Crippen LogP contribution >= 0.6 is 0 Å². The summed E-state index contributed by atoms with van der Waals surface area (Å²) < 4.78 is 25.8. The molecule has 27 heavy (non-hydrogen) atoms. The number of likely N-dealkylation sites (N-methyl/N-ethyl adjacent to an activating group) is 1. The van der Waals surface area contributed by atoms with E-state index in [1.807, 2.05) is 12.1 Å². The van der Waals surface area contributed by atoms with E-state index in [-0.39, 0.29) is 9.79 Å². The molecule has 1 aliphatic rings. The van der Waals surface area contributed by atoms with Gasteiger partial charge in [-0.15, -0.1) is 0 Å². The van der Waals surface area contributed by atoms with E-state index < -0.39 is 9.84 Å². The molecule has 4 rings (SSSR count). The molecule has 5 nitrogen and oxygen atoms in total. The highest BCUT2D eigenvalue weighted by molar-refractivity contribution is 7.91. The molecule has 0 aliphatic carbocycles. The van der Waals surface area contributed by atoms with Crippen molar-refractivity contribution in [1.29, 1.82) is 0 Å². The van der Waals surface area contributed by atoms with Gasteiger partial charge in [-0.2, -0.15) is 0 Å². The number of sulfone groups is 1. The van der Waals surface area contributed by atoms with E-state index in [0.717, 1.165) is 36.2 Å². The number of pyridine rings is 1. The SMILES string of the molecule is CC1CN(c2cccc3cc(S(=O)(=O)c4ccccc4)cnc23)CCN1C. The first kappa shape index (κ1) is 17.9. The first-order chi connectivity index (χ1) is 13.0. The predicted octanol–water partition coefficient (Wildman–Crippen LogP) is 3.21. The van der Waals surface area contributed by atoms with Crippen LogP contribution < -0.4 is 4.90 Å². The molecule has 140 valence electrons. The van der Waals surface area contributed by atoms with Crippen LogP contribution in [0.15, 0.2) is 70.6 Å². The second-order valence-electron chi connectivity index (χ2n) is 7.11. The molecule has 0 saturated carbocycles. The van der Waals surface area contributed by atoms with E-state index in [4.69, 9.17) is 0 Å². The lowest BCUT2D eigenvalue weighted by Crippen LogP contribution is -2.50. The number of hydrogen-bond acceptors (Lipinski definition) is 5. The van der Waals surface area contributed by atoms with Crippen molar-refractivity contribution in [2.24, 2.45) is 0 Å². The molecular weight excluding hydrogens is 358 g/mol. The number of piperazine rings is 1. The molecule has 2 heterocycles. The Kier molecular flexibility index (Phi) is 4.61. The van der Waals surface area contributed by atoms with Gasteiger partial charge >= 0.3 is 0 Å². The fraction of sp³-hybridized carbons (Fsp3) is 0.286. The van der Waals surface area contributed by atoms with Crippen molar-refractivity contribution in [3.8, 4) is 0 Å². The van der Waals surface area contributed by atoms with E-state index in [1.165, 1.54) is 6.20 Å². The molecule has 3 aromatic rings. The number of fused-ring (bicyclic) bond motifs is 1. The minimum absolute atomic E-state index is 0.227. The molecule has 1 aliphatic heterocycles. The average Bonchev–Trinajstić information content (AvgIpc) is 2.70. The topological polar surface area (TPSA) is 53.5 Å². The van der Waals surface area contributed by atoms with E-state index in [2.05, 4.69) is 34.8 Å². The highest BCUT2D eigenvalue weighted by atomic mass is 32.2. The first-order valence-corrected chi connectivity index (χ1v) is 10.6. The van der Waals surface area contributed by atoms with Crippen molar-refractivity contribution in [2.75, 3.05) is 31.6 Å². The van der Waals surface area contributed by atoms with Crippen LogP contribution in [0.4, 0.5) is 5.69 Å². The normalized spacial score (nSPS) is 18.7. The quantitative estimate of drug-likeness (QED) is 0.697. The Labute approximate surface area is 160 Å². The van der Waals surface area contributed by atoms with Gasteiger partial charge in [0.25, 0.3) is 0 Å². The summed E-state index contributed by atoms with van der Waals surface area (Å²) in [5.74, 6) is 0. The van der Waals surface area contributed by atoms with E-state index in [9.17, 15) is 8.42 Å². The number of rotatable bonds is 3. The lowest BCUT2D eigenvalue weighted by molar-refractivity contribution is 0.234. The van der Waals surface area contributed by atoms with Crippen molar-refractivity contribution in [2.45, 2.75) is 22.8 Å². The fourth-order valence-electron chi connectivity index (χ4n) is 3.53. The van der Waals surface area contributed by atoms with E-state index in [0.29, 0.717) is 6.04 Å². The van der Waals surface area contributed by atoms with Crippen molar-refractivity contribution in [3.63, 3.8) is 0 Å². The summed E-state index contributed by atoms with van der Waals surface area (Å²) in [6.07, 6.45) is 1.48. The van der Waals surface area contributed by atoms with Gasteiger partial charge in [0, 0.05) is 37.3 Å². The van der Waals surface area contributed by atoms with Crippen LogP contribution in [0.25, 0.3) is 10.9 Å². The van der Waals surface area contributed by atoms with Gasteiger partial charge in [-0.05, 0) is 38.2 Å². The Morgan fingerprint density at radius 2 is 1.78 bits per heavy atom. The number of benzene rings is 2. The lowest BCUT2D eigenvalue weighted by Gasteiger charge is -2.39. The van der Waals surface area contributed by atoms with Crippen LogP contribution in [0, 0.1) is 0 Å². The molecule has 0 bridgehead atoms. The molecule has 1 aromatic heterocycles. The smallest absolute Gasteiger partial charge is 0.208 e. The van der Waals surface area contributed by atoms with Gasteiger partial charge in [-0.3, -0.25) is 4.98 Å². The van der Waals surface area contributed by atoms with Crippen LogP contribution in [0.3, 0.4) is 0 Å². The molecule has 6 heteroatoms. The number of nitrogens with zero attached hydrogens (tertiary/aromatic N) is 3. The maximum Gasteiger partial charge on any atom is 0.208 e. The van der Waals surface area contributed by atoms with Crippen LogP contribution in [0.5, 0.6) is 0 Å². The molecule has 0 radical (unpaired) electrons. The summed E-state index contributed by atoms with van der Waals surface area (Å²) in [7, 11) is -1.42. The Hall–Kier alpha value is -2.44. The zero-order chi connectivity index (χ0) is 19.0. The summed E-state index contributed by atoms with van der Waals surface area (Å²) in [4.78, 5) is 9.76. The zero-order valence-corrected chi connectivity index (χ0v) is 16.4. The van der Waals surface area contributed by atoms with Crippen molar-refractivity contribution in [3.05, 3.63) is 60.8 Å². The van der Waals surface area contributed by atoms with E-state index >= 15 is 0 Å². The number of aromatic nitrogens is 1. The van der Waals surface area contributed by atoms with E-state index in [1.54, 1.807) is 36.4 Å². The van der Waals surface area contributed by atoms with Crippen molar-refractivity contribution < 1.29 is 8.42 Å². The minimum atomic E-state index is -3.57. The third-order valence-corrected chi connectivity index (χ3v) is 7.07. The first-order valence-electron chi connectivity index (χ1n) is 9.11. The van der Waals surface area contributed by atoms with Crippen LogP contribution in [0.2, 0.25) is 0 Å². The van der Waals surface area contributed by atoms with Crippen LogP contribution in [0.1, 0.15) is 6.92 Å². The summed E-state index contributed by atoms with van der Waals surface area (Å²) >= 11 is 0. The van der Waals surface area contributed by atoms with Crippen LogP contribution in [-0.2, 0) is 9.84 Å². The maximum atomic E-state index is 12.9. The minimum Gasteiger partial charge on any atom is -0.367 e. The molecule has 1 fully saturated rings. The Morgan fingerprint density at radius 3 is 2.52 bits per heavy atom. The Bertz CT molecular complexity index is 1070. The third kappa shape index (κ3) is 3.31. The summed E-state index contributed by atoms with van der Waals surface area (Å²) in [6.45, 7) is 5.08. The molecule has 1 unspecified atom stereocenters. The highest BCUT2D eigenvalue weighted by Gasteiger charge is 2.23. The summed E-state index contributed by atoms with van der Waals surface area (Å²) in [5.41, 5.74) is 1.91. The molecule has 0 spiro atoms. The second-order valence-corrected chi connectivity index (χ2v) is 9.06.